The molecule has 0 atom stereocenters. The summed E-state index contributed by atoms with van der Waals surface area (Å²) in [5.74, 6) is 0. The highest BCUT2D eigenvalue weighted by Gasteiger charge is 2.22. The van der Waals surface area contributed by atoms with Gasteiger partial charge in [-0.15, -0.1) is 11.8 Å². The summed E-state index contributed by atoms with van der Waals surface area (Å²) in [6.45, 7) is 0. The van der Waals surface area contributed by atoms with Gasteiger partial charge in [-0.2, -0.15) is 12.6 Å². The first-order valence-electron chi connectivity index (χ1n) is 7.26. The number of hydrogen-bond donors (Lipinski definition) is 1. The molecule has 2 aliphatic rings. The summed E-state index contributed by atoms with van der Waals surface area (Å²) >= 11 is 15.8. The zero-order chi connectivity index (χ0) is 16.7. The van der Waals surface area contributed by atoms with Crippen LogP contribution in [0.25, 0.3) is 0 Å². The summed E-state index contributed by atoms with van der Waals surface area (Å²) in [6, 6.07) is 7.91. The molecule has 0 radical (unpaired) electrons. The molecule has 2 saturated carbocycles. The van der Waals surface area contributed by atoms with Crippen molar-refractivity contribution in [2.75, 3.05) is 0 Å². The molecule has 0 aromatic carbocycles. The second kappa shape index (κ2) is 10.4. The van der Waals surface area contributed by atoms with E-state index in [9.17, 15) is 0 Å². The van der Waals surface area contributed by atoms with E-state index in [1.807, 2.05) is 36.2 Å². The number of nitrogens with zero attached hydrogens (tertiary/aromatic N) is 2. The molecular formula is C16H17Br3N2S2. The van der Waals surface area contributed by atoms with Crippen LogP contribution in [-0.2, 0) is 0 Å². The van der Waals surface area contributed by atoms with Crippen molar-refractivity contribution >= 4 is 72.2 Å². The third-order valence-electron chi connectivity index (χ3n) is 2.75. The molecule has 124 valence electrons. The highest BCUT2D eigenvalue weighted by molar-refractivity contribution is 9.11. The van der Waals surface area contributed by atoms with E-state index in [0.29, 0.717) is 0 Å². The van der Waals surface area contributed by atoms with E-state index < -0.39 is 0 Å². The minimum atomic E-state index is 0.778. The molecule has 0 N–H and O–H groups in total. The second-order valence-electron chi connectivity index (χ2n) is 5.16. The van der Waals surface area contributed by atoms with Crippen LogP contribution >= 0.6 is 72.2 Å². The monoisotopic (exact) mass is 538 g/mol. The normalized spacial score (nSPS) is 15.8. The van der Waals surface area contributed by atoms with Gasteiger partial charge >= 0.3 is 0 Å². The van der Waals surface area contributed by atoms with Gasteiger partial charge in [-0.25, -0.2) is 9.97 Å². The van der Waals surface area contributed by atoms with Gasteiger partial charge in [-0.3, -0.25) is 0 Å². The summed E-state index contributed by atoms with van der Waals surface area (Å²) in [5.41, 5.74) is 0. The molecule has 7 heteroatoms. The molecule has 0 aliphatic heterocycles. The Bertz CT molecular complexity index is 564. The Labute approximate surface area is 172 Å². The fraction of sp³-hybridized carbons (Fsp3) is 0.375. The van der Waals surface area contributed by atoms with Gasteiger partial charge < -0.3 is 0 Å². The molecule has 2 aromatic rings. The zero-order valence-electron chi connectivity index (χ0n) is 12.3. The van der Waals surface area contributed by atoms with E-state index in [0.717, 1.165) is 29.1 Å². The standard InChI is InChI=1S/C8H8BrNS.C5H3Br2N.C3H6S/c9-6-1-4-8(10-5-6)11-7-2-3-7;6-4-1-2-5(7)8-3-4;4-3-1-2-3/h1,4-5,7H,2-3H2;1-3H;3-4H,1-2H2. The summed E-state index contributed by atoms with van der Waals surface area (Å²) in [5, 5.41) is 2.78. The number of halogens is 3. The SMILES string of the molecule is Brc1ccc(Br)nc1.Brc1ccc(SC2CC2)nc1.SC1CC1. The lowest BCUT2D eigenvalue weighted by Crippen LogP contribution is -1.79. The van der Waals surface area contributed by atoms with Crippen LogP contribution in [0.2, 0.25) is 0 Å². The number of aromatic nitrogens is 2. The average molecular weight is 541 g/mol. The molecular weight excluding hydrogens is 524 g/mol. The number of thiol groups is 1. The Kier molecular flexibility index (Phi) is 8.97. The van der Waals surface area contributed by atoms with Crippen LogP contribution in [0, 0.1) is 0 Å². The van der Waals surface area contributed by atoms with E-state index >= 15 is 0 Å². The van der Waals surface area contributed by atoms with Gasteiger partial charge in [0.15, 0.2) is 0 Å². The van der Waals surface area contributed by atoms with Crippen LogP contribution in [0.5, 0.6) is 0 Å². The summed E-state index contributed by atoms with van der Waals surface area (Å²) in [6.07, 6.45) is 9.02. The number of pyridine rings is 2. The van der Waals surface area contributed by atoms with Crippen LogP contribution in [0.15, 0.2) is 55.2 Å². The Hall–Kier alpha value is 0.440. The molecule has 0 bridgehead atoms. The minimum absolute atomic E-state index is 0.778. The molecule has 2 nitrogen and oxygen atoms in total. The zero-order valence-corrected chi connectivity index (χ0v) is 18.8. The largest absolute Gasteiger partial charge is 0.249 e. The lowest BCUT2D eigenvalue weighted by molar-refractivity contribution is 1.12. The van der Waals surface area contributed by atoms with Crippen LogP contribution in [0.4, 0.5) is 0 Å². The number of thioether (sulfide) groups is 1. The molecule has 2 aliphatic carbocycles. The van der Waals surface area contributed by atoms with Gasteiger partial charge in [-0.05, 0) is 97.7 Å². The Balaban J connectivity index is 0.000000140. The van der Waals surface area contributed by atoms with Crippen molar-refractivity contribution in [3.05, 3.63) is 50.2 Å². The number of rotatable bonds is 2. The molecule has 23 heavy (non-hydrogen) atoms. The lowest BCUT2D eigenvalue weighted by atomic mass is 10.5. The summed E-state index contributed by atoms with van der Waals surface area (Å²) in [4.78, 5) is 8.22. The fourth-order valence-corrected chi connectivity index (χ4v) is 3.05. The van der Waals surface area contributed by atoms with Crippen molar-refractivity contribution in [2.45, 2.75) is 41.2 Å². The predicted octanol–water partition coefficient (Wildman–Crippen LogP) is 6.78. The highest BCUT2D eigenvalue weighted by Crippen LogP contribution is 2.38. The Morgan fingerprint density at radius 2 is 1.43 bits per heavy atom. The van der Waals surface area contributed by atoms with E-state index in [4.69, 9.17) is 0 Å². The van der Waals surface area contributed by atoms with Gasteiger partial charge in [-0.1, -0.05) is 0 Å². The molecule has 2 aromatic heterocycles. The highest BCUT2D eigenvalue weighted by atomic mass is 79.9. The minimum Gasteiger partial charge on any atom is -0.249 e. The van der Waals surface area contributed by atoms with Gasteiger partial charge in [0.2, 0.25) is 0 Å². The summed E-state index contributed by atoms with van der Waals surface area (Å²) in [7, 11) is 0. The van der Waals surface area contributed by atoms with Gasteiger partial charge in [0, 0.05) is 31.8 Å². The van der Waals surface area contributed by atoms with E-state index in [-0.39, 0.29) is 0 Å². The van der Waals surface area contributed by atoms with Crippen LogP contribution in [0.1, 0.15) is 25.7 Å². The topological polar surface area (TPSA) is 25.8 Å². The smallest absolute Gasteiger partial charge is 0.106 e. The Morgan fingerprint density at radius 1 is 0.870 bits per heavy atom. The molecule has 0 spiro atoms. The van der Waals surface area contributed by atoms with Crippen LogP contribution < -0.4 is 0 Å². The Morgan fingerprint density at radius 3 is 1.78 bits per heavy atom. The van der Waals surface area contributed by atoms with Gasteiger partial charge in [0.05, 0.1) is 5.03 Å². The van der Waals surface area contributed by atoms with Crippen molar-refractivity contribution in [1.29, 1.82) is 0 Å². The average Bonchev–Trinajstić information content (AvgIpc) is 3.45. The quantitative estimate of drug-likeness (QED) is 0.336. The second-order valence-corrected chi connectivity index (χ2v) is 9.86. The maximum Gasteiger partial charge on any atom is 0.106 e. The van der Waals surface area contributed by atoms with Gasteiger partial charge in [0.1, 0.15) is 4.60 Å². The first-order chi connectivity index (χ1) is 11.0. The first-order valence-corrected chi connectivity index (χ1v) is 11.0. The van der Waals surface area contributed by atoms with Crippen molar-refractivity contribution in [2.24, 2.45) is 0 Å². The maximum atomic E-state index is 4.27. The van der Waals surface area contributed by atoms with E-state index in [1.165, 1.54) is 25.7 Å². The fourth-order valence-electron chi connectivity index (χ4n) is 1.22. The number of hydrogen-bond acceptors (Lipinski definition) is 4. The van der Waals surface area contributed by atoms with Crippen molar-refractivity contribution < 1.29 is 0 Å². The van der Waals surface area contributed by atoms with Crippen molar-refractivity contribution in [3.8, 4) is 0 Å². The maximum absolute atomic E-state index is 4.27. The predicted molar refractivity (Wildman–Crippen MR) is 112 cm³/mol. The van der Waals surface area contributed by atoms with Crippen molar-refractivity contribution in [3.63, 3.8) is 0 Å². The van der Waals surface area contributed by atoms with E-state index in [2.05, 4.69) is 76.5 Å². The van der Waals surface area contributed by atoms with Crippen molar-refractivity contribution in [1.82, 2.24) is 9.97 Å². The third kappa shape index (κ3) is 10.1. The lowest BCUT2D eigenvalue weighted by Gasteiger charge is -1.96. The molecule has 2 heterocycles. The van der Waals surface area contributed by atoms with Gasteiger partial charge in [0.25, 0.3) is 0 Å². The molecule has 2 fully saturated rings. The first kappa shape index (κ1) is 19.8. The van der Waals surface area contributed by atoms with Crippen LogP contribution in [-0.4, -0.2) is 20.5 Å². The molecule has 0 unspecified atom stereocenters. The van der Waals surface area contributed by atoms with E-state index in [1.54, 1.807) is 6.20 Å². The third-order valence-corrected chi connectivity index (χ3v) is 5.96. The molecule has 0 amide bonds. The summed E-state index contributed by atoms with van der Waals surface area (Å²) < 4.78 is 2.92. The molecule has 4 rings (SSSR count). The van der Waals surface area contributed by atoms with Crippen LogP contribution in [0.3, 0.4) is 0 Å². The molecule has 0 saturated heterocycles.